The normalized spacial score (nSPS) is 15.2. The fourth-order valence-electron chi connectivity index (χ4n) is 3.48. The minimum Gasteiger partial charge on any atom is -0.414 e. The maximum absolute atomic E-state index is 12.1. The summed E-state index contributed by atoms with van der Waals surface area (Å²) in [6.07, 6.45) is 1.57. The summed E-state index contributed by atoms with van der Waals surface area (Å²) in [5.41, 5.74) is 8.27. The number of nitrogens with one attached hydrogen (secondary N) is 1. The van der Waals surface area contributed by atoms with E-state index < -0.39 is 10.0 Å². The number of sulfonamides is 1. The molecular formula is C20H26N8O3S. The Bertz CT molecular complexity index is 1170. The minimum absolute atomic E-state index is 0.0938. The number of rotatable bonds is 7. The van der Waals surface area contributed by atoms with Crippen LogP contribution in [0.1, 0.15) is 12.5 Å². The number of hydrogen-bond acceptors (Lipinski definition) is 10. The van der Waals surface area contributed by atoms with Gasteiger partial charge in [0.05, 0.1) is 11.9 Å². The number of nitrogen functional groups attached to an aromatic ring is 1. The molecule has 0 aliphatic carbocycles. The Balaban J connectivity index is 1.53. The standard InChI is InChI=1S/C20H26N8O3S/c1-3-32(29,30)28-10-8-27(9-11-28)16-13-23-18(21)17(24-16)20-26-25-19(31-20)15-6-4-14(5-7-15)12-22-2/h4-7,13,22H,3,8-12H2,1-2H3,(H2,21,23). The first-order chi connectivity index (χ1) is 15.4. The number of benzene rings is 1. The van der Waals surface area contributed by atoms with E-state index >= 15 is 0 Å². The Kier molecular flexibility index (Phi) is 6.35. The van der Waals surface area contributed by atoms with Crippen molar-refractivity contribution in [2.45, 2.75) is 13.5 Å². The van der Waals surface area contributed by atoms with Crippen LogP contribution in [0.3, 0.4) is 0 Å². The number of aromatic nitrogens is 4. The van der Waals surface area contributed by atoms with E-state index in [1.807, 2.05) is 36.2 Å². The minimum atomic E-state index is -3.20. The molecule has 1 fully saturated rings. The molecule has 0 atom stereocenters. The van der Waals surface area contributed by atoms with Crippen molar-refractivity contribution in [1.82, 2.24) is 29.8 Å². The molecular weight excluding hydrogens is 432 g/mol. The van der Waals surface area contributed by atoms with Gasteiger partial charge in [0.15, 0.2) is 11.5 Å². The Morgan fingerprint density at radius 3 is 2.44 bits per heavy atom. The van der Waals surface area contributed by atoms with Crippen molar-refractivity contribution in [2.24, 2.45) is 0 Å². The molecule has 4 rings (SSSR count). The highest BCUT2D eigenvalue weighted by molar-refractivity contribution is 7.89. The van der Waals surface area contributed by atoms with Gasteiger partial charge in [-0.1, -0.05) is 12.1 Å². The molecule has 0 amide bonds. The second kappa shape index (κ2) is 9.18. The van der Waals surface area contributed by atoms with Gasteiger partial charge < -0.3 is 20.4 Å². The first-order valence-corrected chi connectivity index (χ1v) is 11.9. The second-order valence-corrected chi connectivity index (χ2v) is 9.65. The summed E-state index contributed by atoms with van der Waals surface area (Å²) in [5, 5.41) is 11.3. The fourth-order valence-corrected chi connectivity index (χ4v) is 4.57. The van der Waals surface area contributed by atoms with Crippen molar-refractivity contribution in [3.05, 3.63) is 36.0 Å². The van der Waals surface area contributed by atoms with Crippen LogP contribution in [-0.2, 0) is 16.6 Å². The van der Waals surface area contributed by atoms with E-state index in [-0.39, 0.29) is 17.5 Å². The van der Waals surface area contributed by atoms with Crippen LogP contribution < -0.4 is 16.0 Å². The maximum Gasteiger partial charge on any atom is 0.270 e. The van der Waals surface area contributed by atoms with E-state index in [4.69, 9.17) is 10.2 Å². The van der Waals surface area contributed by atoms with Gasteiger partial charge in [-0.3, -0.25) is 0 Å². The van der Waals surface area contributed by atoms with Crippen LogP contribution in [0, 0.1) is 0 Å². The molecule has 3 aromatic rings. The van der Waals surface area contributed by atoms with E-state index in [0.717, 1.165) is 17.7 Å². The Morgan fingerprint density at radius 1 is 1.09 bits per heavy atom. The molecule has 1 aromatic carbocycles. The zero-order valence-electron chi connectivity index (χ0n) is 18.0. The maximum atomic E-state index is 12.1. The molecule has 3 heterocycles. The molecule has 2 aromatic heterocycles. The Labute approximate surface area is 186 Å². The van der Waals surface area contributed by atoms with E-state index in [2.05, 4.69) is 25.5 Å². The molecule has 1 aliphatic heterocycles. The topological polar surface area (TPSA) is 143 Å². The molecule has 11 nitrogen and oxygen atoms in total. The average molecular weight is 459 g/mol. The highest BCUT2D eigenvalue weighted by Crippen LogP contribution is 2.27. The van der Waals surface area contributed by atoms with Crippen LogP contribution in [0.5, 0.6) is 0 Å². The molecule has 0 spiro atoms. The molecule has 0 unspecified atom stereocenters. The SMILES string of the molecule is CCS(=O)(=O)N1CCN(c2cnc(N)c(-c3nnc(-c4ccc(CNC)cc4)o3)n2)CC1. The van der Waals surface area contributed by atoms with Gasteiger partial charge >= 0.3 is 0 Å². The summed E-state index contributed by atoms with van der Waals surface area (Å²) in [6, 6.07) is 7.81. The van der Waals surface area contributed by atoms with E-state index in [1.54, 1.807) is 13.1 Å². The molecule has 0 bridgehead atoms. The van der Waals surface area contributed by atoms with Crippen molar-refractivity contribution in [3.63, 3.8) is 0 Å². The first kappa shape index (κ1) is 22.1. The summed E-state index contributed by atoms with van der Waals surface area (Å²) < 4.78 is 31.5. The predicted molar refractivity (Wildman–Crippen MR) is 121 cm³/mol. The first-order valence-electron chi connectivity index (χ1n) is 10.3. The smallest absolute Gasteiger partial charge is 0.270 e. The van der Waals surface area contributed by atoms with Gasteiger partial charge in [-0.25, -0.2) is 18.4 Å². The van der Waals surface area contributed by atoms with Crippen LogP contribution in [0.25, 0.3) is 23.0 Å². The average Bonchev–Trinajstić information content (AvgIpc) is 3.30. The van der Waals surface area contributed by atoms with Crippen molar-refractivity contribution < 1.29 is 12.8 Å². The number of nitrogens with two attached hydrogens (primary N) is 1. The number of piperazine rings is 1. The Morgan fingerprint density at radius 2 is 1.78 bits per heavy atom. The fraction of sp³-hybridized carbons (Fsp3) is 0.400. The highest BCUT2D eigenvalue weighted by Gasteiger charge is 2.27. The lowest BCUT2D eigenvalue weighted by Crippen LogP contribution is -2.49. The summed E-state index contributed by atoms with van der Waals surface area (Å²) >= 11 is 0. The number of anilines is 2. The van der Waals surface area contributed by atoms with Crippen LogP contribution >= 0.6 is 0 Å². The Hall–Kier alpha value is -3.09. The number of hydrogen-bond donors (Lipinski definition) is 2. The summed E-state index contributed by atoms with van der Waals surface area (Å²) in [5.74, 6) is 1.40. The van der Waals surface area contributed by atoms with Crippen molar-refractivity contribution in [1.29, 1.82) is 0 Å². The lowest BCUT2D eigenvalue weighted by molar-refractivity contribution is 0.384. The highest BCUT2D eigenvalue weighted by atomic mass is 32.2. The predicted octanol–water partition coefficient (Wildman–Crippen LogP) is 0.967. The quantitative estimate of drug-likeness (QED) is 0.525. The van der Waals surface area contributed by atoms with Crippen molar-refractivity contribution >= 4 is 21.7 Å². The summed E-state index contributed by atoms with van der Waals surface area (Å²) in [4.78, 5) is 10.8. The summed E-state index contributed by atoms with van der Waals surface area (Å²) in [6.45, 7) is 4.22. The molecule has 1 aliphatic rings. The monoisotopic (exact) mass is 458 g/mol. The van der Waals surface area contributed by atoms with Gasteiger partial charge in [0.2, 0.25) is 15.9 Å². The third-order valence-corrected chi connectivity index (χ3v) is 7.20. The molecule has 3 N–H and O–H groups in total. The molecule has 12 heteroatoms. The van der Waals surface area contributed by atoms with Gasteiger partial charge in [-0.2, -0.15) is 4.31 Å². The lowest BCUT2D eigenvalue weighted by Gasteiger charge is -2.34. The van der Waals surface area contributed by atoms with Crippen LogP contribution in [-0.4, -0.2) is 71.9 Å². The lowest BCUT2D eigenvalue weighted by atomic mass is 10.1. The molecule has 0 radical (unpaired) electrons. The molecule has 0 saturated carbocycles. The van der Waals surface area contributed by atoms with E-state index in [9.17, 15) is 8.42 Å². The largest absolute Gasteiger partial charge is 0.414 e. The number of nitrogens with zero attached hydrogens (tertiary/aromatic N) is 6. The van der Waals surface area contributed by atoms with E-state index in [0.29, 0.717) is 43.6 Å². The van der Waals surface area contributed by atoms with Gasteiger partial charge in [0.25, 0.3) is 5.89 Å². The van der Waals surface area contributed by atoms with E-state index in [1.165, 1.54) is 4.31 Å². The molecule has 170 valence electrons. The molecule has 1 saturated heterocycles. The van der Waals surface area contributed by atoms with Gasteiger partial charge in [-0.15, -0.1) is 10.2 Å². The van der Waals surface area contributed by atoms with Crippen LogP contribution in [0.2, 0.25) is 0 Å². The van der Waals surface area contributed by atoms with Crippen molar-refractivity contribution in [3.8, 4) is 23.0 Å². The third kappa shape index (κ3) is 4.56. The zero-order chi connectivity index (χ0) is 22.7. The van der Waals surface area contributed by atoms with Crippen LogP contribution in [0.15, 0.2) is 34.9 Å². The van der Waals surface area contributed by atoms with Crippen molar-refractivity contribution in [2.75, 3.05) is 49.6 Å². The van der Waals surface area contributed by atoms with Gasteiger partial charge in [0.1, 0.15) is 5.82 Å². The summed E-state index contributed by atoms with van der Waals surface area (Å²) in [7, 11) is -1.31. The zero-order valence-corrected chi connectivity index (χ0v) is 18.8. The van der Waals surface area contributed by atoms with Crippen LogP contribution in [0.4, 0.5) is 11.6 Å². The van der Waals surface area contributed by atoms with Gasteiger partial charge in [-0.05, 0) is 31.7 Å². The molecule has 32 heavy (non-hydrogen) atoms. The third-order valence-electron chi connectivity index (χ3n) is 5.32. The second-order valence-electron chi connectivity index (χ2n) is 7.39. The van der Waals surface area contributed by atoms with Gasteiger partial charge in [0, 0.05) is 38.3 Å².